The molecule has 0 spiro atoms. The monoisotopic (exact) mass is 397 g/mol. The van der Waals surface area contributed by atoms with E-state index in [2.05, 4.69) is 12.2 Å². The van der Waals surface area contributed by atoms with Gasteiger partial charge in [0.05, 0.1) is 20.8 Å². The molecule has 0 bridgehead atoms. The van der Waals surface area contributed by atoms with Crippen molar-refractivity contribution in [3.63, 3.8) is 0 Å². The quantitative estimate of drug-likeness (QED) is 0.419. The first-order chi connectivity index (χ1) is 14.2. The number of hydrogen-bond donors (Lipinski definition) is 1. The summed E-state index contributed by atoms with van der Waals surface area (Å²) >= 11 is 0. The van der Waals surface area contributed by atoms with Crippen LogP contribution in [0.2, 0.25) is 0 Å². The van der Waals surface area contributed by atoms with Crippen LogP contribution in [0.15, 0.2) is 48.5 Å². The zero-order valence-electron chi connectivity index (χ0n) is 17.6. The first-order valence-electron chi connectivity index (χ1n) is 10.1. The standard InChI is InChI=1S/C24H31NO4/c1-4-5-6-17-29-23-18-20(9-13-22(23)28-3)10-14-24(26)25-16-15-19-7-11-21(27-2)12-8-19/h7-14,18H,4-6,15-17H2,1-3H3,(H,25,26). The van der Waals surface area contributed by atoms with Crippen molar-refractivity contribution in [3.8, 4) is 17.2 Å². The van der Waals surface area contributed by atoms with Gasteiger partial charge in [-0.15, -0.1) is 0 Å². The summed E-state index contributed by atoms with van der Waals surface area (Å²) in [6, 6.07) is 13.5. The molecule has 0 aromatic heterocycles. The van der Waals surface area contributed by atoms with Crippen LogP contribution in [-0.4, -0.2) is 33.3 Å². The van der Waals surface area contributed by atoms with Gasteiger partial charge in [-0.25, -0.2) is 0 Å². The minimum absolute atomic E-state index is 0.125. The van der Waals surface area contributed by atoms with E-state index in [1.54, 1.807) is 20.3 Å². The summed E-state index contributed by atoms with van der Waals surface area (Å²) < 4.78 is 16.3. The van der Waals surface area contributed by atoms with Gasteiger partial charge in [0.2, 0.25) is 5.91 Å². The number of methoxy groups -OCH3 is 2. The van der Waals surface area contributed by atoms with Crippen LogP contribution in [0, 0.1) is 0 Å². The number of unbranched alkanes of at least 4 members (excludes halogenated alkanes) is 2. The van der Waals surface area contributed by atoms with E-state index in [4.69, 9.17) is 14.2 Å². The van der Waals surface area contributed by atoms with E-state index < -0.39 is 0 Å². The lowest BCUT2D eigenvalue weighted by Gasteiger charge is -2.11. The Kier molecular flexibility index (Phi) is 9.63. The van der Waals surface area contributed by atoms with E-state index in [9.17, 15) is 4.79 Å². The van der Waals surface area contributed by atoms with E-state index in [1.807, 2.05) is 42.5 Å². The third-order valence-electron chi connectivity index (χ3n) is 4.49. The van der Waals surface area contributed by atoms with Crippen LogP contribution in [-0.2, 0) is 11.2 Å². The molecule has 0 radical (unpaired) electrons. The molecule has 5 heteroatoms. The highest BCUT2D eigenvalue weighted by Gasteiger charge is 2.05. The van der Waals surface area contributed by atoms with Crippen molar-refractivity contribution in [1.82, 2.24) is 5.32 Å². The van der Waals surface area contributed by atoms with Gasteiger partial charge >= 0.3 is 0 Å². The van der Waals surface area contributed by atoms with Gasteiger partial charge in [0.15, 0.2) is 11.5 Å². The van der Waals surface area contributed by atoms with Crippen LogP contribution in [0.1, 0.15) is 37.3 Å². The highest BCUT2D eigenvalue weighted by molar-refractivity contribution is 5.91. The molecule has 1 amide bonds. The second-order valence-electron chi connectivity index (χ2n) is 6.69. The summed E-state index contributed by atoms with van der Waals surface area (Å²) in [7, 11) is 3.27. The van der Waals surface area contributed by atoms with Crippen LogP contribution in [0.4, 0.5) is 0 Å². The second-order valence-corrected chi connectivity index (χ2v) is 6.69. The van der Waals surface area contributed by atoms with Crippen LogP contribution in [0.25, 0.3) is 6.08 Å². The number of carbonyl (C=O) groups is 1. The van der Waals surface area contributed by atoms with Crippen molar-refractivity contribution < 1.29 is 19.0 Å². The van der Waals surface area contributed by atoms with Gasteiger partial charge in [-0.05, 0) is 54.3 Å². The summed E-state index contributed by atoms with van der Waals surface area (Å²) in [5.41, 5.74) is 2.04. The maximum absolute atomic E-state index is 12.1. The Bertz CT molecular complexity index is 784. The van der Waals surface area contributed by atoms with Crippen molar-refractivity contribution in [2.45, 2.75) is 32.6 Å². The molecule has 0 atom stereocenters. The molecule has 0 heterocycles. The van der Waals surface area contributed by atoms with Gasteiger partial charge in [0.1, 0.15) is 5.75 Å². The van der Waals surface area contributed by atoms with Crippen LogP contribution in [0.5, 0.6) is 17.2 Å². The SMILES string of the molecule is CCCCCOc1cc(C=CC(=O)NCCc2ccc(OC)cc2)ccc1OC. The number of rotatable bonds is 12. The minimum Gasteiger partial charge on any atom is -0.497 e. The molecule has 0 saturated heterocycles. The van der Waals surface area contributed by atoms with Crippen molar-refractivity contribution in [3.05, 3.63) is 59.7 Å². The van der Waals surface area contributed by atoms with E-state index in [1.165, 1.54) is 6.08 Å². The summed E-state index contributed by atoms with van der Waals surface area (Å²) in [6.07, 6.45) is 7.38. The van der Waals surface area contributed by atoms with Gasteiger partial charge in [-0.2, -0.15) is 0 Å². The Hall–Kier alpha value is -2.95. The highest BCUT2D eigenvalue weighted by Crippen LogP contribution is 2.28. The Balaban J connectivity index is 1.84. The fraction of sp³-hybridized carbons (Fsp3) is 0.375. The molecular formula is C24H31NO4. The maximum Gasteiger partial charge on any atom is 0.244 e. The summed E-state index contributed by atoms with van der Waals surface area (Å²) in [6.45, 7) is 3.39. The Morgan fingerprint density at radius 2 is 1.79 bits per heavy atom. The molecule has 29 heavy (non-hydrogen) atoms. The molecule has 156 valence electrons. The van der Waals surface area contributed by atoms with Crippen molar-refractivity contribution in [2.24, 2.45) is 0 Å². The predicted octanol–water partition coefficient (Wildman–Crippen LogP) is 4.64. The molecule has 2 aromatic carbocycles. The molecule has 0 aliphatic carbocycles. The average Bonchev–Trinajstić information content (AvgIpc) is 2.76. The van der Waals surface area contributed by atoms with Crippen LogP contribution < -0.4 is 19.5 Å². The summed E-state index contributed by atoms with van der Waals surface area (Å²) in [5.74, 6) is 2.10. The highest BCUT2D eigenvalue weighted by atomic mass is 16.5. The van der Waals surface area contributed by atoms with E-state index in [0.717, 1.165) is 42.6 Å². The van der Waals surface area contributed by atoms with E-state index >= 15 is 0 Å². The fourth-order valence-electron chi connectivity index (χ4n) is 2.80. The first kappa shape index (κ1) is 22.3. The van der Waals surface area contributed by atoms with E-state index in [0.29, 0.717) is 24.7 Å². The lowest BCUT2D eigenvalue weighted by Crippen LogP contribution is -2.23. The van der Waals surface area contributed by atoms with Crippen LogP contribution >= 0.6 is 0 Å². The number of nitrogens with one attached hydrogen (secondary N) is 1. The summed E-state index contributed by atoms with van der Waals surface area (Å²) in [4.78, 5) is 12.1. The molecule has 0 aliphatic rings. The predicted molar refractivity (Wildman–Crippen MR) is 117 cm³/mol. The lowest BCUT2D eigenvalue weighted by atomic mass is 10.1. The minimum atomic E-state index is -0.125. The molecule has 0 fully saturated rings. The third-order valence-corrected chi connectivity index (χ3v) is 4.49. The van der Waals surface area contributed by atoms with Crippen molar-refractivity contribution in [2.75, 3.05) is 27.4 Å². The molecular weight excluding hydrogens is 366 g/mol. The molecule has 2 rings (SSSR count). The normalized spacial score (nSPS) is 10.7. The second kappa shape index (κ2) is 12.5. The zero-order valence-corrected chi connectivity index (χ0v) is 17.6. The number of carbonyl (C=O) groups excluding carboxylic acids is 1. The topological polar surface area (TPSA) is 56.8 Å². The fourth-order valence-corrected chi connectivity index (χ4v) is 2.80. The first-order valence-corrected chi connectivity index (χ1v) is 10.1. The molecule has 5 nitrogen and oxygen atoms in total. The zero-order chi connectivity index (χ0) is 20.9. The lowest BCUT2D eigenvalue weighted by molar-refractivity contribution is -0.116. The van der Waals surface area contributed by atoms with Gasteiger partial charge in [0, 0.05) is 12.6 Å². The van der Waals surface area contributed by atoms with E-state index in [-0.39, 0.29) is 5.91 Å². The van der Waals surface area contributed by atoms with Gasteiger partial charge < -0.3 is 19.5 Å². The number of benzene rings is 2. The third kappa shape index (κ3) is 7.90. The molecule has 0 unspecified atom stereocenters. The molecule has 0 saturated carbocycles. The average molecular weight is 398 g/mol. The Morgan fingerprint density at radius 3 is 2.48 bits per heavy atom. The maximum atomic E-state index is 12.1. The molecule has 0 aliphatic heterocycles. The molecule has 2 aromatic rings. The van der Waals surface area contributed by atoms with Gasteiger partial charge in [0.25, 0.3) is 0 Å². The number of ether oxygens (including phenoxy) is 3. The summed E-state index contributed by atoms with van der Waals surface area (Å²) in [5, 5.41) is 2.90. The van der Waals surface area contributed by atoms with Crippen molar-refractivity contribution in [1.29, 1.82) is 0 Å². The largest absolute Gasteiger partial charge is 0.497 e. The van der Waals surface area contributed by atoms with Crippen LogP contribution in [0.3, 0.4) is 0 Å². The van der Waals surface area contributed by atoms with Gasteiger partial charge in [-0.3, -0.25) is 4.79 Å². The molecule has 1 N–H and O–H groups in total. The van der Waals surface area contributed by atoms with Gasteiger partial charge in [-0.1, -0.05) is 38.0 Å². The van der Waals surface area contributed by atoms with Crippen molar-refractivity contribution >= 4 is 12.0 Å². The Morgan fingerprint density at radius 1 is 1.00 bits per heavy atom. The number of hydrogen-bond acceptors (Lipinski definition) is 4. The smallest absolute Gasteiger partial charge is 0.244 e. The number of amides is 1. The Labute approximate surface area is 173 Å².